The summed E-state index contributed by atoms with van der Waals surface area (Å²) in [6, 6.07) is 9.72. The smallest absolute Gasteiger partial charge is 0.271 e. The largest absolute Gasteiger partial charge is 0.349 e. The van der Waals surface area contributed by atoms with Crippen molar-refractivity contribution in [1.29, 1.82) is 0 Å². The van der Waals surface area contributed by atoms with Gasteiger partial charge < -0.3 is 5.32 Å². The standard InChI is InChI=1S/C19H22ClN5O/c1-3-13-5-6-14(11-16(13)20)17-7-9-25(24-17)10-8-21-19(26)18-12-15(4-2)22-23-18/h5-7,9,11-12H,3-4,8,10H2,1-2H3,(H,21,26)(H,22,23). The monoisotopic (exact) mass is 371 g/mol. The van der Waals surface area contributed by atoms with E-state index in [2.05, 4.69) is 27.5 Å². The van der Waals surface area contributed by atoms with E-state index in [0.717, 1.165) is 40.4 Å². The molecule has 0 spiro atoms. The molecule has 2 heterocycles. The molecule has 136 valence electrons. The number of rotatable bonds is 7. The number of benzene rings is 1. The number of hydrogen-bond acceptors (Lipinski definition) is 3. The molecule has 0 saturated carbocycles. The van der Waals surface area contributed by atoms with Crippen LogP contribution in [0.1, 0.15) is 35.6 Å². The van der Waals surface area contributed by atoms with Gasteiger partial charge in [-0.3, -0.25) is 14.6 Å². The molecule has 0 bridgehead atoms. The number of nitrogens with zero attached hydrogens (tertiary/aromatic N) is 3. The molecule has 0 fully saturated rings. The van der Waals surface area contributed by atoms with Crippen LogP contribution in [-0.2, 0) is 19.4 Å². The van der Waals surface area contributed by atoms with Crippen LogP contribution in [0.5, 0.6) is 0 Å². The van der Waals surface area contributed by atoms with Gasteiger partial charge in [0.1, 0.15) is 5.69 Å². The molecule has 6 nitrogen and oxygen atoms in total. The second-order valence-electron chi connectivity index (χ2n) is 6.01. The number of amides is 1. The summed E-state index contributed by atoms with van der Waals surface area (Å²) in [7, 11) is 0. The maximum absolute atomic E-state index is 12.1. The molecule has 1 amide bonds. The van der Waals surface area contributed by atoms with E-state index >= 15 is 0 Å². The summed E-state index contributed by atoms with van der Waals surface area (Å²) in [6.07, 6.45) is 3.62. The number of aryl methyl sites for hydroxylation is 2. The van der Waals surface area contributed by atoms with E-state index in [4.69, 9.17) is 11.6 Å². The molecular formula is C19H22ClN5O. The predicted octanol–water partition coefficient (Wildman–Crippen LogP) is 3.48. The third kappa shape index (κ3) is 4.14. The minimum atomic E-state index is -0.185. The van der Waals surface area contributed by atoms with Crippen LogP contribution >= 0.6 is 11.6 Å². The zero-order valence-electron chi connectivity index (χ0n) is 14.9. The number of hydrogen-bond donors (Lipinski definition) is 2. The Kier molecular flexibility index (Phi) is 5.73. The SMILES string of the molecule is CCc1cc(C(=O)NCCn2ccc(-c3ccc(CC)c(Cl)c3)n2)n[nH]1. The van der Waals surface area contributed by atoms with Crippen LogP contribution in [-0.4, -0.2) is 32.4 Å². The van der Waals surface area contributed by atoms with Crippen LogP contribution < -0.4 is 5.32 Å². The van der Waals surface area contributed by atoms with Crippen molar-refractivity contribution >= 4 is 17.5 Å². The van der Waals surface area contributed by atoms with Gasteiger partial charge >= 0.3 is 0 Å². The van der Waals surface area contributed by atoms with Gasteiger partial charge in [0.05, 0.1) is 12.2 Å². The molecule has 0 aliphatic carbocycles. The van der Waals surface area contributed by atoms with E-state index < -0.39 is 0 Å². The van der Waals surface area contributed by atoms with Gasteiger partial charge in [0.25, 0.3) is 5.91 Å². The Balaban J connectivity index is 1.57. The topological polar surface area (TPSA) is 75.6 Å². The number of nitrogens with one attached hydrogen (secondary N) is 2. The molecule has 0 aliphatic rings. The molecule has 0 saturated heterocycles. The number of halogens is 1. The highest BCUT2D eigenvalue weighted by molar-refractivity contribution is 6.31. The molecule has 3 aromatic rings. The number of H-pyrrole nitrogens is 1. The van der Waals surface area contributed by atoms with E-state index in [1.807, 2.05) is 37.4 Å². The van der Waals surface area contributed by atoms with E-state index in [1.165, 1.54) is 0 Å². The first-order chi connectivity index (χ1) is 12.6. The fourth-order valence-electron chi connectivity index (χ4n) is 2.67. The van der Waals surface area contributed by atoms with E-state index in [1.54, 1.807) is 10.7 Å². The van der Waals surface area contributed by atoms with Gasteiger partial charge in [-0.25, -0.2) is 0 Å². The molecule has 3 rings (SSSR count). The lowest BCUT2D eigenvalue weighted by Crippen LogP contribution is -2.27. The zero-order chi connectivity index (χ0) is 18.5. The average molecular weight is 372 g/mol. The first-order valence-electron chi connectivity index (χ1n) is 8.75. The van der Waals surface area contributed by atoms with Crippen molar-refractivity contribution in [2.45, 2.75) is 33.2 Å². The van der Waals surface area contributed by atoms with Crippen molar-refractivity contribution < 1.29 is 4.79 Å². The summed E-state index contributed by atoms with van der Waals surface area (Å²) in [5.74, 6) is -0.185. The lowest BCUT2D eigenvalue weighted by molar-refractivity contribution is 0.0947. The van der Waals surface area contributed by atoms with Crippen molar-refractivity contribution in [2.75, 3.05) is 6.54 Å². The summed E-state index contributed by atoms with van der Waals surface area (Å²) in [5.41, 5.74) is 4.33. The van der Waals surface area contributed by atoms with Gasteiger partial charge in [-0.2, -0.15) is 10.2 Å². The molecule has 2 aromatic heterocycles. The van der Waals surface area contributed by atoms with E-state index in [9.17, 15) is 4.79 Å². The Morgan fingerprint density at radius 1 is 1.23 bits per heavy atom. The third-order valence-electron chi connectivity index (χ3n) is 4.24. The van der Waals surface area contributed by atoms with Crippen LogP contribution in [0.4, 0.5) is 0 Å². The van der Waals surface area contributed by atoms with Gasteiger partial charge in [0.2, 0.25) is 0 Å². The number of carbonyl (C=O) groups excluding carboxylic acids is 1. The lowest BCUT2D eigenvalue weighted by Gasteiger charge is -2.05. The van der Waals surface area contributed by atoms with E-state index in [0.29, 0.717) is 18.8 Å². The van der Waals surface area contributed by atoms with Gasteiger partial charge in [-0.05, 0) is 36.6 Å². The zero-order valence-corrected chi connectivity index (χ0v) is 15.7. The normalized spacial score (nSPS) is 10.9. The Labute approximate surface area is 157 Å². The number of aromatic amines is 1. The Bertz CT molecular complexity index is 899. The fourth-order valence-corrected chi connectivity index (χ4v) is 2.98. The minimum Gasteiger partial charge on any atom is -0.349 e. The second kappa shape index (κ2) is 8.19. The molecule has 0 unspecified atom stereocenters. The summed E-state index contributed by atoms with van der Waals surface area (Å²) < 4.78 is 1.80. The van der Waals surface area contributed by atoms with Crippen molar-refractivity contribution in [2.24, 2.45) is 0 Å². The molecule has 26 heavy (non-hydrogen) atoms. The highest BCUT2D eigenvalue weighted by Gasteiger charge is 2.10. The van der Waals surface area contributed by atoms with Crippen LogP contribution in [0.3, 0.4) is 0 Å². The van der Waals surface area contributed by atoms with Gasteiger partial charge in [0.15, 0.2) is 0 Å². The summed E-state index contributed by atoms with van der Waals surface area (Å²) in [4.78, 5) is 12.1. The molecule has 0 aliphatic heterocycles. The van der Waals surface area contributed by atoms with Crippen molar-refractivity contribution in [3.63, 3.8) is 0 Å². The fraction of sp³-hybridized carbons (Fsp3) is 0.316. The summed E-state index contributed by atoms with van der Waals surface area (Å²) >= 11 is 6.28. The molecular weight excluding hydrogens is 350 g/mol. The van der Waals surface area contributed by atoms with Gasteiger partial charge in [0, 0.05) is 29.0 Å². The first-order valence-corrected chi connectivity index (χ1v) is 9.13. The Morgan fingerprint density at radius 3 is 2.77 bits per heavy atom. The van der Waals surface area contributed by atoms with Gasteiger partial charge in [-0.1, -0.05) is 37.6 Å². The molecule has 7 heteroatoms. The minimum absolute atomic E-state index is 0.185. The Morgan fingerprint density at radius 2 is 2.08 bits per heavy atom. The second-order valence-corrected chi connectivity index (χ2v) is 6.42. The van der Waals surface area contributed by atoms with Crippen LogP contribution in [0.2, 0.25) is 5.02 Å². The van der Waals surface area contributed by atoms with E-state index in [-0.39, 0.29) is 5.91 Å². The quantitative estimate of drug-likeness (QED) is 0.667. The maximum Gasteiger partial charge on any atom is 0.271 e. The molecule has 2 N–H and O–H groups in total. The highest BCUT2D eigenvalue weighted by atomic mass is 35.5. The average Bonchev–Trinajstić information content (AvgIpc) is 3.31. The first kappa shape index (κ1) is 18.2. The van der Waals surface area contributed by atoms with Crippen molar-refractivity contribution in [1.82, 2.24) is 25.3 Å². The molecule has 0 atom stereocenters. The molecule has 0 radical (unpaired) electrons. The summed E-state index contributed by atoms with van der Waals surface area (Å²) in [6.45, 7) is 5.14. The van der Waals surface area contributed by atoms with Crippen molar-refractivity contribution in [3.05, 3.63) is 58.5 Å². The summed E-state index contributed by atoms with van der Waals surface area (Å²) in [5, 5.41) is 15.0. The van der Waals surface area contributed by atoms with Gasteiger partial charge in [-0.15, -0.1) is 0 Å². The highest BCUT2D eigenvalue weighted by Crippen LogP contribution is 2.24. The molecule has 1 aromatic carbocycles. The number of aromatic nitrogens is 4. The van der Waals surface area contributed by atoms with Crippen molar-refractivity contribution in [3.8, 4) is 11.3 Å². The lowest BCUT2D eigenvalue weighted by atomic mass is 10.1. The Hall–Kier alpha value is -2.60. The predicted molar refractivity (Wildman–Crippen MR) is 102 cm³/mol. The number of carbonyl (C=O) groups is 1. The maximum atomic E-state index is 12.1. The van der Waals surface area contributed by atoms with Crippen LogP contribution in [0, 0.1) is 0 Å². The van der Waals surface area contributed by atoms with Crippen LogP contribution in [0.15, 0.2) is 36.5 Å². The third-order valence-corrected chi connectivity index (χ3v) is 4.59. The van der Waals surface area contributed by atoms with Crippen LogP contribution in [0.25, 0.3) is 11.3 Å².